The van der Waals surface area contributed by atoms with Gasteiger partial charge in [-0.1, -0.05) is 22.0 Å². The van der Waals surface area contributed by atoms with Gasteiger partial charge in [-0.3, -0.25) is 0 Å². The molecule has 94 valence electrons. The van der Waals surface area contributed by atoms with E-state index in [1.54, 1.807) is 6.07 Å². The van der Waals surface area contributed by atoms with Gasteiger partial charge in [0, 0.05) is 11.4 Å². The van der Waals surface area contributed by atoms with Crippen LogP contribution in [0.1, 0.15) is 24.5 Å². The molecule has 2 rings (SSSR count). The molecular formula is C12H16BrNO2S. The molecule has 1 N–H and O–H groups in total. The maximum absolute atomic E-state index is 12.1. The smallest absolute Gasteiger partial charge is 0.208 e. The van der Waals surface area contributed by atoms with E-state index in [0.29, 0.717) is 10.2 Å². The standard InChI is InChI=1S/C12H16BrNO2S/c1-9(8-13)14-17(15,16)12-6-5-10-3-2-4-11(10)7-12/h5-7,9,14H,2-4,8H2,1H3. The third-order valence-electron chi connectivity index (χ3n) is 2.97. The van der Waals surface area contributed by atoms with Gasteiger partial charge in [-0.2, -0.15) is 0 Å². The van der Waals surface area contributed by atoms with Gasteiger partial charge in [0.05, 0.1) is 4.90 Å². The molecular weight excluding hydrogens is 302 g/mol. The van der Waals surface area contributed by atoms with Crippen molar-refractivity contribution in [3.05, 3.63) is 29.3 Å². The summed E-state index contributed by atoms with van der Waals surface area (Å²) >= 11 is 3.26. The number of nitrogens with one attached hydrogen (secondary N) is 1. The van der Waals surface area contributed by atoms with Crippen LogP contribution in [-0.2, 0) is 22.9 Å². The molecule has 0 saturated carbocycles. The fourth-order valence-electron chi connectivity index (χ4n) is 2.08. The Kier molecular flexibility index (Phi) is 3.90. The van der Waals surface area contributed by atoms with E-state index < -0.39 is 10.0 Å². The summed E-state index contributed by atoms with van der Waals surface area (Å²) < 4.78 is 26.8. The van der Waals surface area contributed by atoms with Crippen LogP contribution in [0.2, 0.25) is 0 Å². The van der Waals surface area contributed by atoms with Gasteiger partial charge in [-0.05, 0) is 49.4 Å². The molecule has 1 unspecified atom stereocenters. The first-order valence-corrected chi connectivity index (χ1v) is 8.33. The quantitative estimate of drug-likeness (QED) is 0.866. The zero-order valence-electron chi connectivity index (χ0n) is 9.74. The van der Waals surface area contributed by atoms with E-state index >= 15 is 0 Å². The van der Waals surface area contributed by atoms with Crippen LogP contribution in [0.4, 0.5) is 0 Å². The SMILES string of the molecule is CC(CBr)NS(=O)(=O)c1ccc2c(c1)CCC2. The number of fused-ring (bicyclic) bond motifs is 1. The highest BCUT2D eigenvalue weighted by molar-refractivity contribution is 9.09. The van der Waals surface area contributed by atoms with Crippen LogP contribution in [0.15, 0.2) is 23.1 Å². The molecule has 0 heterocycles. The summed E-state index contributed by atoms with van der Waals surface area (Å²) in [6, 6.07) is 5.35. The van der Waals surface area contributed by atoms with E-state index in [1.165, 1.54) is 11.1 Å². The summed E-state index contributed by atoms with van der Waals surface area (Å²) in [5, 5.41) is 0.608. The van der Waals surface area contributed by atoms with Crippen LogP contribution in [-0.4, -0.2) is 19.8 Å². The van der Waals surface area contributed by atoms with Crippen molar-refractivity contribution in [3.63, 3.8) is 0 Å². The molecule has 0 aromatic heterocycles. The Morgan fingerprint density at radius 2 is 2.06 bits per heavy atom. The van der Waals surface area contributed by atoms with E-state index in [9.17, 15) is 8.42 Å². The van der Waals surface area contributed by atoms with Crippen molar-refractivity contribution in [2.24, 2.45) is 0 Å². The van der Waals surface area contributed by atoms with Crippen molar-refractivity contribution in [2.45, 2.75) is 37.1 Å². The molecule has 3 nitrogen and oxygen atoms in total. The Bertz CT molecular complexity index is 513. The van der Waals surface area contributed by atoms with Crippen molar-refractivity contribution in [2.75, 3.05) is 5.33 Å². The lowest BCUT2D eigenvalue weighted by Crippen LogP contribution is -2.33. The van der Waals surface area contributed by atoms with Crippen molar-refractivity contribution in [1.82, 2.24) is 4.72 Å². The molecule has 0 saturated heterocycles. The number of alkyl halides is 1. The van der Waals surface area contributed by atoms with E-state index in [4.69, 9.17) is 0 Å². The molecule has 1 aromatic rings. The first kappa shape index (κ1) is 13.1. The molecule has 0 aliphatic heterocycles. The Morgan fingerprint density at radius 1 is 1.35 bits per heavy atom. The molecule has 0 amide bonds. The van der Waals surface area contributed by atoms with Gasteiger partial charge >= 0.3 is 0 Å². The summed E-state index contributed by atoms with van der Waals surface area (Å²) in [7, 11) is -3.37. The number of hydrogen-bond donors (Lipinski definition) is 1. The lowest BCUT2D eigenvalue weighted by atomic mass is 10.1. The number of aryl methyl sites for hydroxylation is 2. The topological polar surface area (TPSA) is 46.2 Å². The molecule has 0 radical (unpaired) electrons. The number of hydrogen-bond acceptors (Lipinski definition) is 2. The van der Waals surface area contributed by atoms with Gasteiger partial charge in [0.2, 0.25) is 10.0 Å². The summed E-state index contributed by atoms with van der Waals surface area (Å²) in [4.78, 5) is 0.381. The van der Waals surface area contributed by atoms with Crippen LogP contribution < -0.4 is 4.72 Å². The lowest BCUT2D eigenvalue weighted by Gasteiger charge is -2.12. The largest absolute Gasteiger partial charge is 0.240 e. The van der Waals surface area contributed by atoms with Crippen molar-refractivity contribution < 1.29 is 8.42 Å². The van der Waals surface area contributed by atoms with E-state index in [0.717, 1.165) is 19.3 Å². The van der Waals surface area contributed by atoms with Gasteiger partial charge in [0.1, 0.15) is 0 Å². The highest BCUT2D eigenvalue weighted by Gasteiger charge is 2.19. The lowest BCUT2D eigenvalue weighted by molar-refractivity contribution is 0.571. The van der Waals surface area contributed by atoms with Crippen molar-refractivity contribution in [3.8, 4) is 0 Å². The summed E-state index contributed by atoms with van der Waals surface area (Å²) in [5.74, 6) is 0. The van der Waals surface area contributed by atoms with Gasteiger partial charge in [-0.25, -0.2) is 13.1 Å². The third kappa shape index (κ3) is 2.89. The van der Waals surface area contributed by atoms with E-state index in [1.807, 2.05) is 19.1 Å². The van der Waals surface area contributed by atoms with Gasteiger partial charge in [0.25, 0.3) is 0 Å². The van der Waals surface area contributed by atoms with E-state index in [-0.39, 0.29) is 6.04 Å². The summed E-state index contributed by atoms with van der Waals surface area (Å²) in [6.07, 6.45) is 3.19. The maximum Gasteiger partial charge on any atom is 0.240 e. The minimum Gasteiger partial charge on any atom is -0.208 e. The highest BCUT2D eigenvalue weighted by atomic mass is 79.9. The van der Waals surface area contributed by atoms with Gasteiger partial charge < -0.3 is 0 Å². The van der Waals surface area contributed by atoms with Gasteiger partial charge in [0.15, 0.2) is 0 Å². The zero-order chi connectivity index (χ0) is 12.5. The van der Waals surface area contributed by atoms with Crippen LogP contribution in [0.25, 0.3) is 0 Å². The number of rotatable bonds is 4. The predicted octanol–water partition coefficient (Wildman–Crippen LogP) is 2.24. The summed E-state index contributed by atoms with van der Waals surface area (Å²) in [5.41, 5.74) is 2.47. The predicted molar refractivity (Wildman–Crippen MR) is 72.0 cm³/mol. The molecule has 0 fully saturated rings. The Balaban J connectivity index is 2.28. The Morgan fingerprint density at radius 3 is 2.76 bits per heavy atom. The van der Waals surface area contributed by atoms with Crippen LogP contribution in [0.3, 0.4) is 0 Å². The number of sulfonamides is 1. The molecule has 0 spiro atoms. The van der Waals surface area contributed by atoms with Crippen molar-refractivity contribution in [1.29, 1.82) is 0 Å². The molecule has 1 aliphatic carbocycles. The van der Waals surface area contributed by atoms with Gasteiger partial charge in [-0.15, -0.1) is 0 Å². The normalized spacial score (nSPS) is 16.8. The zero-order valence-corrected chi connectivity index (χ0v) is 12.1. The monoisotopic (exact) mass is 317 g/mol. The molecule has 1 aliphatic rings. The average Bonchev–Trinajstić information content (AvgIpc) is 2.75. The van der Waals surface area contributed by atoms with E-state index in [2.05, 4.69) is 20.7 Å². The second kappa shape index (κ2) is 5.08. The molecule has 0 bridgehead atoms. The molecule has 5 heteroatoms. The van der Waals surface area contributed by atoms with Crippen LogP contribution in [0, 0.1) is 0 Å². The summed E-state index contributed by atoms with van der Waals surface area (Å²) in [6.45, 7) is 1.83. The second-order valence-corrected chi connectivity index (χ2v) is 6.82. The maximum atomic E-state index is 12.1. The third-order valence-corrected chi connectivity index (χ3v) is 5.53. The number of benzene rings is 1. The second-order valence-electron chi connectivity index (χ2n) is 4.46. The fraction of sp³-hybridized carbons (Fsp3) is 0.500. The first-order chi connectivity index (χ1) is 8.03. The minimum absolute atomic E-state index is 0.103. The highest BCUT2D eigenvalue weighted by Crippen LogP contribution is 2.24. The first-order valence-electron chi connectivity index (χ1n) is 5.73. The Hall–Kier alpha value is -0.390. The van der Waals surface area contributed by atoms with Crippen LogP contribution in [0.5, 0.6) is 0 Å². The number of halogens is 1. The minimum atomic E-state index is -3.37. The van der Waals surface area contributed by atoms with Crippen LogP contribution >= 0.6 is 15.9 Å². The molecule has 17 heavy (non-hydrogen) atoms. The van der Waals surface area contributed by atoms with Crippen molar-refractivity contribution >= 4 is 26.0 Å². The molecule has 1 atom stereocenters. The molecule has 1 aromatic carbocycles. The fourth-order valence-corrected chi connectivity index (χ4v) is 3.75. The average molecular weight is 318 g/mol. The Labute approximate surface area is 111 Å².